The van der Waals surface area contributed by atoms with Gasteiger partial charge in [-0.2, -0.15) is 0 Å². The minimum absolute atomic E-state index is 0.272. The lowest BCUT2D eigenvalue weighted by Gasteiger charge is -2.08. The molecule has 86 valence electrons. The van der Waals surface area contributed by atoms with E-state index in [2.05, 4.69) is 10.6 Å². The molecule has 16 heavy (non-hydrogen) atoms. The average Bonchev–Trinajstić information content (AvgIpc) is 2.20. The molecular weight excluding hydrogens is 224 g/mol. The number of halogens is 1. The van der Waals surface area contributed by atoms with E-state index in [4.69, 9.17) is 11.6 Å². The number of rotatable bonds is 2. The van der Waals surface area contributed by atoms with Crippen LogP contribution in [0.25, 0.3) is 0 Å². The maximum atomic E-state index is 11.5. The summed E-state index contributed by atoms with van der Waals surface area (Å²) in [6.45, 7) is 5.72. The van der Waals surface area contributed by atoms with Crippen molar-refractivity contribution in [3.05, 3.63) is 40.6 Å². The van der Waals surface area contributed by atoms with E-state index in [-0.39, 0.29) is 6.03 Å². The Morgan fingerprint density at radius 1 is 1.38 bits per heavy atom. The van der Waals surface area contributed by atoms with Crippen molar-refractivity contribution in [2.45, 2.75) is 20.8 Å². The van der Waals surface area contributed by atoms with E-state index >= 15 is 0 Å². The van der Waals surface area contributed by atoms with E-state index in [9.17, 15) is 4.79 Å². The van der Waals surface area contributed by atoms with Gasteiger partial charge in [-0.1, -0.05) is 23.2 Å². The maximum absolute atomic E-state index is 11.5. The van der Waals surface area contributed by atoms with Crippen LogP contribution in [-0.2, 0) is 0 Å². The van der Waals surface area contributed by atoms with Crippen LogP contribution >= 0.6 is 11.6 Å². The van der Waals surface area contributed by atoms with Gasteiger partial charge in [0, 0.05) is 16.9 Å². The number of hydrogen-bond acceptors (Lipinski definition) is 1. The van der Waals surface area contributed by atoms with Crippen molar-refractivity contribution in [2.24, 2.45) is 0 Å². The summed E-state index contributed by atoms with van der Waals surface area (Å²) in [5.74, 6) is 0. The zero-order chi connectivity index (χ0) is 12.1. The van der Waals surface area contributed by atoms with Gasteiger partial charge >= 0.3 is 6.03 Å². The zero-order valence-electron chi connectivity index (χ0n) is 9.60. The van der Waals surface area contributed by atoms with E-state index in [1.54, 1.807) is 18.3 Å². The molecule has 2 amide bonds. The van der Waals surface area contributed by atoms with Crippen molar-refractivity contribution in [2.75, 3.05) is 5.32 Å². The lowest BCUT2D eigenvalue weighted by molar-refractivity contribution is 0.255. The van der Waals surface area contributed by atoms with Crippen LogP contribution in [0, 0.1) is 6.92 Å². The Hall–Kier alpha value is -1.48. The van der Waals surface area contributed by atoms with E-state index in [0.717, 1.165) is 11.1 Å². The largest absolute Gasteiger partial charge is 0.323 e. The first kappa shape index (κ1) is 12.6. The predicted octanol–water partition coefficient (Wildman–Crippen LogP) is 3.69. The number of benzene rings is 1. The molecule has 0 saturated carbocycles. The Morgan fingerprint density at radius 2 is 2.06 bits per heavy atom. The molecule has 3 nitrogen and oxygen atoms in total. The molecule has 4 heteroatoms. The third-order valence-corrected chi connectivity index (χ3v) is 2.17. The molecule has 0 aromatic heterocycles. The highest BCUT2D eigenvalue weighted by molar-refractivity contribution is 6.31. The number of hydrogen-bond donors (Lipinski definition) is 2. The Bertz CT molecular complexity index is 423. The quantitative estimate of drug-likeness (QED) is 0.811. The molecule has 0 atom stereocenters. The summed E-state index contributed by atoms with van der Waals surface area (Å²) in [6, 6.07) is 5.10. The number of anilines is 1. The Morgan fingerprint density at radius 3 is 2.69 bits per heavy atom. The summed E-state index contributed by atoms with van der Waals surface area (Å²) in [5, 5.41) is 5.95. The SMILES string of the molecule is CC(C)=CNC(=O)Nc1cc(Cl)ccc1C. The molecule has 0 bridgehead atoms. The number of aryl methyl sites for hydroxylation is 1. The highest BCUT2D eigenvalue weighted by Gasteiger charge is 2.03. The van der Waals surface area contributed by atoms with Crippen molar-refractivity contribution in [3.63, 3.8) is 0 Å². The van der Waals surface area contributed by atoms with Crippen LogP contribution in [0.15, 0.2) is 30.0 Å². The smallest absolute Gasteiger partial charge is 0.314 e. The van der Waals surface area contributed by atoms with E-state index < -0.39 is 0 Å². The standard InChI is InChI=1S/C12H15ClN2O/c1-8(2)7-14-12(16)15-11-6-10(13)5-4-9(11)3/h4-7H,1-3H3,(H2,14,15,16). The number of nitrogens with one attached hydrogen (secondary N) is 2. The second-order valence-corrected chi connectivity index (χ2v) is 4.22. The summed E-state index contributed by atoms with van der Waals surface area (Å²) < 4.78 is 0. The summed E-state index contributed by atoms with van der Waals surface area (Å²) in [7, 11) is 0. The van der Waals surface area contributed by atoms with Crippen molar-refractivity contribution in [3.8, 4) is 0 Å². The first-order valence-corrected chi connectivity index (χ1v) is 5.34. The van der Waals surface area contributed by atoms with Crippen LogP contribution < -0.4 is 10.6 Å². The zero-order valence-corrected chi connectivity index (χ0v) is 10.4. The van der Waals surface area contributed by atoms with Crippen molar-refractivity contribution in [1.29, 1.82) is 0 Å². The van der Waals surface area contributed by atoms with E-state index in [1.807, 2.05) is 26.8 Å². The topological polar surface area (TPSA) is 41.1 Å². The molecule has 0 heterocycles. The maximum Gasteiger partial charge on any atom is 0.323 e. The molecule has 1 rings (SSSR count). The fourth-order valence-corrected chi connectivity index (χ4v) is 1.27. The number of carbonyl (C=O) groups is 1. The van der Waals surface area contributed by atoms with Gasteiger partial charge in [0.1, 0.15) is 0 Å². The summed E-state index contributed by atoms with van der Waals surface area (Å²) in [5.41, 5.74) is 2.71. The predicted molar refractivity (Wildman–Crippen MR) is 67.8 cm³/mol. The molecule has 0 aliphatic rings. The van der Waals surface area contributed by atoms with E-state index in [1.165, 1.54) is 0 Å². The highest BCUT2D eigenvalue weighted by Crippen LogP contribution is 2.19. The van der Waals surface area contributed by atoms with Gasteiger partial charge in [-0.25, -0.2) is 4.79 Å². The fourth-order valence-electron chi connectivity index (χ4n) is 1.10. The molecule has 0 unspecified atom stereocenters. The third-order valence-electron chi connectivity index (χ3n) is 1.94. The molecule has 0 saturated heterocycles. The van der Waals surface area contributed by atoms with Crippen LogP contribution in [0.4, 0.5) is 10.5 Å². The van der Waals surface area contributed by atoms with Gasteiger partial charge in [0.2, 0.25) is 0 Å². The van der Waals surface area contributed by atoms with Crippen LogP contribution in [0.5, 0.6) is 0 Å². The molecule has 0 spiro atoms. The molecular formula is C12H15ClN2O. The minimum atomic E-state index is -0.272. The number of allylic oxidation sites excluding steroid dienone is 1. The van der Waals surface area contributed by atoms with Crippen molar-refractivity contribution >= 4 is 23.3 Å². The Balaban J connectivity index is 2.69. The molecule has 0 radical (unpaired) electrons. The van der Waals surface area contributed by atoms with Gasteiger partial charge < -0.3 is 10.6 Å². The number of urea groups is 1. The van der Waals surface area contributed by atoms with E-state index in [0.29, 0.717) is 10.7 Å². The minimum Gasteiger partial charge on any atom is -0.314 e. The number of amides is 2. The van der Waals surface area contributed by atoms with Gasteiger partial charge in [-0.05, 0) is 38.5 Å². The van der Waals surface area contributed by atoms with Crippen molar-refractivity contribution in [1.82, 2.24) is 5.32 Å². The van der Waals surface area contributed by atoms with Crippen LogP contribution in [0.3, 0.4) is 0 Å². The van der Waals surface area contributed by atoms with Crippen molar-refractivity contribution < 1.29 is 4.79 Å². The molecule has 0 fully saturated rings. The second-order valence-electron chi connectivity index (χ2n) is 3.78. The molecule has 1 aromatic carbocycles. The monoisotopic (exact) mass is 238 g/mol. The Kier molecular flexibility index (Phi) is 4.38. The first-order valence-electron chi connectivity index (χ1n) is 4.96. The van der Waals surface area contributed by atoms with Gasteiger partial charge in [0.15, 0.2) is 0 Å². The normalized spacial score (nSPS) is 9.50. The van der Waals surface area contributed by atoms with Gasteiger partial charge in [0.05, 0.1) is 0 Å². The lowest BCUT2D eigenvalue weighted by Crippen LogP contribution is -2.24. The van der Waals surface area contributed by atoms with Crippen LogP contribution in [0.1, 0.15) is 19.4 Å². The summed E-state index contributed by atoms with van der Waals surface area (Å²) in [4.78, 5) is 11.5. The lowest BCUT2D eigenvalue weighted by atomic mass is 10.2. The average molecular weight is 239 g/mol. The highest BCUT2D eigenvalue weighted by atomic mass is 35.5. The van der Waals surface area contributed by atoms with Gasteiger partial charge in [0.25, 0.3) is 0 Å². The molecule has 2 N–H and O–H groups in total. The number of carbonyl (C=O) groups excluding carboxylic acids is 1. The van der Waals surface area contributed by atoms with Gasteiger partial charge in [-0.15, -0.1) is 0 Å². The van der Waals surface area contributed by atoms with Crippen LogP contribution in [-0.4, -0.2) is 6.03 Å². The second kappa shape index (κ2) is 5.56. The first-order chi connectivity index (χ1) is 7.49. The fraction of sp³-hybridized carbons (Fsp3) is 0.250. The Labute approximate surface area is 100 Å². The summed E-state index contributed by atoms with van der Waals surface area (Å²) in [6.07, 6.45) is 1.65. The van der Waals surface area contributed by atoms with Crippen LogP contribution in [0.2, 0.25) is 5.02 Å². The molecule has 0 aliphatic heterocycles. The third kappa shape index (κ3) is 3.95. The van der Waals surface area contributed by atoms with Gasteiger partial charge in [-0.3, -0.25) is 0 Å². The molecule has 1 aromatic rings. The summed E-state index contributed by atoms with van der Waals surface area (Å²) >= 11 is 5.84. The molecule has 0 aliphatic carbocycles.